The largest absolute Gasteiger partial charge is 0.478 e. The Hall–Kier alpha value is -1.40. The number of carboxylic acids is 1. The maximum Gasteiger partial charge on any atom is 0.335 e. The molecular weight excluding hydrogens is 254 g/mol. The summed E-state index contributed by atoms with van der Waals surface area (Å²) in [5, 5.41) is 8.88. The third-order valence-electron chi connectivity index (χ3n) is 2.98. The lowest BCUT2D eigenvalue weighted by atomic mass is 10.1. The van der Waals surface area contributed by atoms with Crippen molar-refractivity contribution < 1.29 is 18.3 Å². The average molecular weight is 269 g/mol. The molecule has 2 rings (SSSR count). The molecule has 6 heteroatoms. The van der Waals surface area contributed by atoms with Gasteiger partial charge in [-0.15, -0.1) is 0 Å². The molecule has 1 saturated carbocycles. The van der Waals surface area contributed by atoms with Gasteiger partial charge in [-0.2, -0.15) is 0 Å². The van der Waals surface area contributed by atoms with Crippen molar-refractivity contribution in [3.05, 3.63) is 29.3 Å². The van der Waals surface area contributed by atoms with Gasteiger partial charge >= 0.3 is 5.97 Å². The SMILES string of the molecule is Cc1ccc(C(=O)O)cc1S(=O)(=O)NCC1CC1. The van der Waals surface area contributed by atoms with Crippen molar-refractivity contribution in [1.29, 1.82) is 0 Å². The number of sulfonamides is 1. The average Bonchev–Trinajstić information content (AvgIpc) is 3.10. The van der Waals surface area contributed by atoms with Crippen LogP contribution >= 0.6 is 0 Å². The molecule has 18 heavy (non-hydrogen) atoms. The van der Waals surface area contributed by atoms with Crippen molar-refractivity contribution in [1.82, 2.24) is 4.72 Å². The molecule has 5 nitrogen and oxygen atoms in total. The van der Waals surface area contributed by atoms with Crippen molar-refractivity contribution >= 4 is 16.0 Å². The van der Waals surface area contributed by atoms with Crippen molar-refractivity contribution in [3.8, 4) is 0 Å². The molecule has 0 saturated heterocycles. The minimum Gasteiger partial charge on any atom is -0.478 e. The molecule has 0 radical (unpaired) electrons. The number of aromatic carboxylic acids is 1. The number of carbonyl (C=O) groups is 1. The molecule has 2 N–H and O–H groups in total. The Kier molecular flexibility index (Phi) is 3.41. The second kappa shape index (κ2) is 4.70. The van der Waals surface area contributed by atoms with Gasteiger partial charge in [-0.05, 0) is 43.4 Å². The summed E-state index contributed by atoms with van der Waals surface area (Å²) >= 11 is 0. The van der Waals surface area contributed by atoms with Crippen LogP contribution in [0.5, 0.6) is 0 Å². The molecule has 1 aromatic carbocycles. The van der Waals surface area contributed by atoms with Crippen LogP contribution in [0.4, 0.5) is 0 Å². The fraction of sp³-hybridized carbons (Fsp3) is 0.417. The van der Waals surface area contributed by atoms with E-state index in [0.717, 1.165) is 12.8 Å². The normalized spacial score (nSPS) is 15.6. The van der Waals surface area contributed by atoms with Crippen LogP contribution in [0.3, 0.4) is 0 Å². The Morgan fingerprint density at radius 1 is 1.44 bits per heavy atom. The van der Waals surface area contributed by atoms with Crippen LogP contribution in [0.15, 0.2) is 23.1 Å². The van der Waals surface area contributed by atoms with Gasteiger partial charge in [-0.1, -0.05) is 6.07 Å². The Morgan fingerprint density at radius 3 is 2.67 bits per heavy atom. The van der Waals surface area contributed by atoms with Crippen LogP contribution in [-0.4, -0.2) is 26.0 Å². The van der Waals surface area contributed by atoms with Gasteiger partial charge < -0.3 is 5.11 Å². The Bertz CT molecular complexity index is 576. The zero-order valence-electron chi connectivity index (χ0n) is 10.0. The van der Waals surface area contributed by atoms with Crippen LogP contribution < -0.4 is 4.72 Å². The van der Waals surface area contributed by atoms with Gasteiger partial charge in [-0.3, -0.25) is 0 Å². The summed E-state index contributed by atoms with van der Waals surface area (Å²) in [6.45, 7) is 2.08. The van der Waals surface area contributed by atoms with Crippen molar-refractivity contribution in [2.45, 2.75) is 24.7 Å². The molecule has 0 aromatic heterocycles. The number of carboxylic acid groups (broad SMARTS) is 1. The van der Waals surface area contributed by atoms with Gasteiger partial charge in [-0.25, -0.2) is 17.9 Å². The zero-order valence-corrected chi connectivity index (χ0v) is 10.8. The smallest absolute Gasteiger partial charge is 0.335 e. The third kappa shape index (κ3) is 2.88. The predicted octanol–water partition coefficient (Wildman–Crippen LogP) is 1.38. The highest BCUT2D eigenvalue weighted by atomic mass is 32.2. The van der Waals surface area contributed by atoms with E-state index < -0.39 is 16.0 Å². The molecule has 0 atom stereocenters. The standard InChI is InChI=1S/C12H15NO4S/c1-8-2-5-10(12(14)15)6-11(8)18(16,17)13-7-9-3-4-9/h2,5-6,9,13H,3-4,7H2,1H3,(H,14,15). The topological polar surface area (TPSA) is 83.5 Å². The predicted molar refractivity (Wildman–Crippen MR) is 66.1 cm³/mol. The minimum absolute atomic E-state index is 0.0209. The van der Waals surface area contributed by atoms with E-state index >= 15 is 0 Å². The van der Waals surface area contributed by atoms with Crippen molar-refractivity contribution in [3.63, 3.8) is 0 Å². The molecule has 0 aliphatic heterocycles. The second-order valence-electron chi connectivity index (χ2n) is 4.58. The molecule has 1 aliphatic carbocycles. The zero-order chi connectivity index (χ0) is 13.3. The minimum atomic E-state index is -3.62. The number of hydrogen-bond donors (Lipinski definition) is 2. The number of nitrogens with one attached hydrogen (secondary N) is 1. The molecular formula is C12H15NO4S. The van der Waals surface area contributed by atoms with Crippen LogP contribution in [0.25, 0.3) is 0 Å². The second-order valence-corrected chi connectivity index (χ2v) is 6.32. The Morgan fingerprint density at radius 2 is 2.11 bits per heavy atom. The van der Waals surface area contributed by atoms with E-state index in [9.17, 15) is 13.2 Å². The fourth-order valence-electron chi connectivity index (χ4n) is 1.65. The van der Waals surface area contributed by atoms with Crippen LogP contribution in [-0.2, 0) is 10.0 Å². The monoisotopic (exact) mass is 269 g/mol. The molecule has 1 aromatic rings. The van der Waals surface area contributed by atoms with E-state index in [4.69, 9.17) is 5.11 Å². The third-order valence-corrected chi connectivity index (χ3v) is 4.55. The first-order chi connectivity index (χ1) is 8.40. The molecule has 1 aliphatic rings. The number of benzene rings is 1. The highest BCUT2D eigenvalue weighted by Crippen LogP contribution is 2.28. The van der Waals surface area contributed by atoms with E-state index in [0.29, 0.717) is 18.0 Å². The molecule has 0 heterocycles. The Labute approximate surface area is 106 Å². The molecule has 0 amide bonds. The van der Waals surface area contributed by atoms with E-state index in [-0.39, 0.29) is 10.5 Å². The van der Waals surface area contributed by atoms with Crippen LogP contribution in [0.1, 0.15) is 28.8 Å². The lowest BCUT2D eigenvalue weighted by Gasteiger charge is -2.09. The van der Waals surface area contributed by atoms with Crippen molar-refractivity contribution in [2.24, 2.45) is 5.92 Å². The van der Waals surface area contributed by atoms with E-state index in [2.05, 4.69) is 4.72 Å². The maximum absolute atomic E-state index is 12.1. The van der Waals surface area contributed by atoms with Gasteiger partial charge in [0, 0.05) is 6.54 Å². The highest BCUT2D eigenvalue weighted by molar-refractivity contribution is 7.89. The molecule has 0 unspecified atom stereocenters. The van der Waals surface area contributed by atoms with E-state index in [1.165, 1.54) is 18.2 Å². The molecule has 0 bridgehead atoms. The number of aryl methyl sites for hydroxylation is 1. The lowest BCUT2D eigenvalue weighted by molar-refractivity contribution is 0.0696. The number of rotatable bonds is 5. The lowest BCUT2D eigenvalue weighted by Crippen LogP contribution is -2.26. The highest BCUT2D eigenvalue weighted by Gasteiger charge is 2.25. The first kappa shape index (κ1) is 13.0. The fourth-order valence-corrected chi connectivity index (χ4v) is 3.03. The van der Waals surface area contributed by atoms with Gasteiger partial charge in [0.05, 0.1) is 10.5 Å². The molecule has 1 fully saturated rings. The summed E-state index contributed by atoms with van der Waals surface area (Å²) in [7, 11) is -3.62. The first-order valence-corrected chi connectivity index (χ1v) is 7.22. The van der Waals surface area contributed by atoms with E-state index in [1.54, 1.807) is 6.92 Å². The van der Waals surface area contributed by atoms with Gasteiger partial charge in [0.15, 0.2) is 0 Å². The van der Waals surface area contributed by atoms with Crippen LogP contribution in [0, 0.1) is 12.8 Å². The Balaban J connectivity index is 2.29. The summed E-state index contributed by atoms with van der Waals surface area (Å²) in [6, 6.07) is 4.11. The van der Waals surface area contributed by atoms with Crippen molar-refractivity contribution in [2.75, 3.05) is 6.54 Å². The maximum atomic E-state index is 12.1. The number of hydrogen-bond acceptors (Lipinski definition) is 3. The summed E-state index contributed by atoms with van der Waals surface area (Å²) < 4.78 is 26.6. The molecule has 98 valence electrons. The summed E-state index contributed by atoms with van der Waals surface area (Å²) in [5.41, 5.74) is 0.524. The van der Waals surface area contributed by atoms with E-state index in [1.807, 2.05) is 0 Å². The quantitative estimate of drug-likeness (QED) is 0.846. The summed E-state index contributed by atoms with van der Waals surface area (Å²) in [6.07, 6.45) is 2.10. The first-order valence-electron chi connectivity index (χ1n) is 5.74. The van der Waals surface area contributed by atoms with Crippen LogP contribution in [0.2, 0.25) is 0 Å². The van der Waals surface area contributed by atoms with Gasteiger partial charge in [0.25, 0.3) is 0 Å². The summed E-state index contributed by atoms with van der Waals surface area (Å²) in [5.74, 6) is -0.698. The summed E-state index contributed by atoms with van der Waals surface area (Å²) in [4.78, 5) is 10.9. The molecule has 0 spiro atoms. The van der Waals surface area contributed by atoms with Gasteiger partial charge in [0.1, 0.15) is 0 Å². The van der Waals surface area contributed by atoms with Gasteiger partial charge in [0.2, 0.25) is 10.0 Å².